The third-order valence-corrected chi connectivity index (χ3v) is 8.94. The molecule has 0 aromatic heterocycles. The Morgan fingerprint density at radius 3 is 2.14 bits per heavy atom. The number of carbonyl (C=O) groups is 2. The molecule has 0 aromatic rings. The number of aliphatic hydroxyl groups excluding tert-OH is 1. The third-order valence-electron chi connectivity index (χ3n) is 8.94. The van der Waals surface area contributed by atoms with Gasteiger partial charge in [-0.25, -0.2) is 0 Å². The van der Waals surface area contributed by atoms with E-state index in [1.54, 1.807) is 21.0 Å². The van der Waals surface area contributed by atoms with Crippen molar-refractivity contribution in [3.8, 4) is 0 Å². The molecule has 7 heteroatoms. The highest BCUT2D eigenvalue weighted by Gasteiger charge is 2.49. The number of likely N-dealkylation sites (N-methyl/N-ethyl adjacent to an activating group) is 1. The molecule has 206 valence electrons. The molecule has 0 saturated carbocycles. The van der Waals surface area contributed by atoms with Crippen LogP contribution in [0.1, 0.15) is 82.1 Å². The average Bonchev–Trinajstić information content (AvgIpc) is 2.78. The predicted molar refractivity (Wildman–Crippen MR) is 139 cm³/mol. The smallest absolute Gasteiger partial charge is 0.316 e. The van der Waals surface area contributed by atoms with Crippen molar-refractivity contribution in [2.45, 2.75) is 112 Å². The summed E-state index contributed by atoms with van der Waals surface area (Å²) in [5.41, 5.74) is -2.27. The van der Waals surface area contributed by atoms with E-state index < -0.39 is 41.2 Å². The van der Waals surface area contributed by atoms with Gasteiger partial charge in [0.15, 0.2) is 0 Å². The lowest BCUT2D eigenvalue weighted by Gasteiger charge is -2.46. The highest BCUT2D eigenvalue weighted by Crippen LogP contribution is 2.43. The number of rotatable bonds is 4. The number of ether oxygens (including phenoxy) is 2. The fourth-order valence-corrected chi connectivity index (χ4v) is 6.19. The van der Waals surface area contributed by atoms with Crippen LogP contribution >= 0.6 is 0 Å². The van der Waals surface area contributed by atoms with Crippen LogP contribution in [0.3, 0.4) is 0 Å². The molecule has 1 unspecified atom stereocenters. The Hall–Kier alpha value is -1.02. The van der Waals surface area contributed by atoms with Gasteiger partial charge in [-0.1, -0.05) is 41.5 Å². The van der Waals surface area contributed by atoms with Crippen molar-refractivity contribution in [3.63, 3.8) is 0 Å². The van der Waals surface area contributed by atoms with Gasteiger partial charge in [0.25, 0.3) is 0 Å². The molecule has 2 N–H and O–H groups in total. The first-order chi connectivity index (χ1) is 16.0. The Balaban J connectivity index is 3.63. The van der Waals surface area contributed by atoms with Gasteiger partial charge in [0.2, 0.25) is 0 Å². The molecule has 0 aromatic carbocycles. The molecule has 35 heavy (non-hydrogen) atoms. The van der Waals surface area contributed by atoms with Gasteiger partial charge in [-0.05, 0) is 71.3 Å². The second-order valence-electron chi connectivity index (χ2n) is 12.1. The minimum Gasteiger partial charge on any atom is -0.459 e. The van der Waals surface area contributed by atoms with E-state index in [0.717, 1.165) is 0 Å². The lowest BCUT2D eigenvalue weighted by atomic mass is 9.64. The number of methoxy groups -OCH3 is 1. The lowest BCUT2D eigenvalue weighted by molar-refractivity contribution is -0.189. The fourth-order valence-electron chi connectivity index (χ4n) is 6.19. The van der Waals surface area contributed by atoms with Crippen molar-refractivity contribution in [1.82, 2.24) is 4.90 Å². The number of Topliss-reactive ketones (excluding diaryl/α,β-unsaturated/α-hetero) is 1. The summed E-state index contributed by atoms with van der Waals surface area (Å²) in [6.07, 6.45) is -1.07. The monoisotopic (exact) mass is 499 g/mol. The molecule has 0 radical (unpaired) electrons. The molecule has 0 spiro atoms. The molecule has 1 saturated heterocycles. The van der Waals surface area contributed by atoms with Gasteiger partial charge in [0.1, 0.15) is 29.5 Å². The van der Waals surface area contributed by atoms with Crippen LogP contribution in [0.5, 0.6) is 0 Å². The highest BCUT2D eigenvalue weighted by atomic mass is 16.6. The molecule has 0 aliphatic carbocycles. The van der Waals surface area contributed by atoms with Crippen molar-refractivity contribution >= 4 is 11.8 Å². The number of hydrogen-bond donors (Lipinski definition) is 2. The van der Waals surface area contributed by atoms with Gasteiger partial charge >= 0.3 is 5.97 Å². The largest absolute Gasteiger partial charge is 0.459 e. The molecule has 7 nitrogen and oxygen atoms in total. The standard InChI is InChI=1S/C28H53NO6/c1-13-22-28(10,33)25(31)21(8)29(11)15-17(4)14-27(9,34-12)23(18(5)16(2)3)19(6)24(30)20(7)26(32)35-22/h16-23,25,31,33H,13-15H2,1-12H3/t17-,18?,19-,20-,21-,22-,23-,25-,27-,28-/m1/s1. The minimum absolute atomic E-state index is 0.110. The van der Waals surface area contributed by atoms with Crippen LogP contribution in [-0.2, 0) is 19.1 Å². The van der Waals surface area contributed by atoms with Crippen LogP contribution in [0, 0.1) is 35.5 Å². The number of aliphatic hydroxyl groups is 2. The first-order valence-corrected chi connectivity index (χ1v) is 13.4. The fraction of sp³-hybridized carbons (Fsp3) is 0.929. The van der Waals surface area contributed by atoms with E-state index in [1.165, 1.54) is 6.92 Å². The molecule has 1 fully saturated rings. The molecule has 0 bridgehead atoms. The van der Waals surface area contributed by atoms with E-state index in [-0.39, 0.29) is 29.6 Å². The van der Waals surface area contributed by atoms with Gasteiger partial charge in [0.05, 0.1) is 5.60 Å². The van der Waals surface area contributed by atoms with E-state index in [1.807, 2.05) is 25.8 Å². The average molecular weight is 500 g/mol. The topological polar surface area (TPSA) is 96.3 Å². The summed E-state index contributed by atoms with van der Waals surface area (Å²) in [6, 6.07) is -0.387. The van der Waals surface area contributed by atoms with Crippen LogP contribution in [0.25, 0.3) is 0 Å². The van der Waals surface area contributed by atoms with E-state index in [0.29, 0.717) is 25.3 Å². The normalized spacial score (nSPS) is 42.3. The molecule has 1 aliphatic rings. The third kappa shape index (κ3) is 7.06. The van der Waals surface area contributed by atoms with Crippen molar-refractivity contribution in [2.75, 3.05) is 20.7 Å². The minimum atomic E-state index is -1.67. The zero-order valence-electron chi connectivity index (χ0n) is 24.3. The summed E-state index contributed by atoms with van der Waals surface area (Å²) < 4.78 is 11.9. The van der Waals surface area contributed by atoms with Crippen molar-refractivity contribution in [2.24, 2.45) is 35.5 Å². The van der Waals surface area contributed by atoms with Gasteiger partial charge < -0.3 is 24.6 Å². The van der Waals surface area contributed by atoms with Crippen LogP contribution in [0.2, 0.25) is 0 Å². The Morgan fingerprint density at radius 2 is 1.69 bits per heavy atom. The van der Waals surface area contributed by atoms with Crippen LogP contribution in [0.4, 0.5) is 0 Å². The van der Waals surface area contributed by atoms with Gasteiger partial charge in [-0.3, -0.25) is 9.59 Å². The number of ketones is 1. The number of cyclic esters (lactones) is 1. The maximum atomic E-state index is 13.7. The summed E-state index contributed by atoms with van der Waals surface area (Å²) in [6.45, 7) is 20.0. The van der Waals surface area contributed by atoms with E-state index in [9.17, 15) is 19.8 Å². The van der Waals surface area contributed by atoms with Crippen LogP contribution in [-0.4, -0.2) is 77.0 Å². The summed E-state index contributed by atoms with van der Waals surface area (Å²) >= 11 is 0. The van der Waals surface area contributed by atoms with Crippen LogP contribution in [0.15, 0.2) is 0 Å². The second kappa shape index (κ2) is 12.5. The Labute approximate surface area is 213 Å². The van der Waals surface area contributed by atoms with E-state index in [2.05, 4.69) is 34.6 Å². The number of carbonyl (C=O) groups excluding carboxylic acids is 2. The molecule has 1 heterocycles. The lowest BCUT2D eigenvalue weighted by Crippen LogP contribution is -2.59. The van der Waals surface area contributed by atoms with E-state index >= 15 is 0 Å². The molecular weight excluding hydrogens is 446 g/mol. The Bertz CT molecular complexity index is 710. The highest BCUT2D eigenvalue weighted by molar-refractivity contribution is 5.99. The maximum absolute atomic E-state index is 13.7. The number of nitrogens with zero attached hydrogens (tertiary/aromatic N) is 1. The van der Waals surface area contributed by atoms with Gasteiger partial charge in [0, 0.05) is 25.6 Å². The first kappa shape index (κ1) is 32.0. The number of esters is 1. The van der Waals surface area contributed by atoms with Crippen LogP contribution < -0.4 is 0 Å². The summed E-state index contributed by atoms with van der Waals surface area (Å²) in [4.78, 5) is 28.8. The predicted octanol–water partition coefficient (Wildman–Crippen LogP) is 3.93. The second-order valence-corrected chi connectivity index (χ2v) is 12.1. The molecule has 1 rings (SSSR count). The molecular formula is C28H53NO6. The summed E-state index contributed by atoms with van der Waals surface area (Å²) in [7, 11) is 3.63. The first-order valence-electron chi connectivity index (χ1n) is 13.4. The SMILES string of the molecule is CC[C@H]1OC(=O)[C@H](C)C(=O)[C@H](C)[C@@H](C(C)C(C)C)[C@](C)(OC)C[C@@H](C)CN(C)[C@H](C)[C@@H](O)[C@]1(C)O. The zero-order chi connectivity index (χ0) is 27.5. The molecule has 10 atom stereocenters. The zero-order valence-corrected chi connectivity index (χ0v) is 24.3. The molecule has 0 amide bonds. The summed E-state index contributed by atoms with van der Waals surface area (Å²) in [5.74, 6) is -1.69. The Morgan fingerprint density at radius 1 is 1.14 bits per heavy atom. The molecule has 1 aliphatic heterocycles. The number of hydrogen-bond acceptors (Lipinski definition) is 7. The van der Waals surface area contributed by atoms with Crippen molar-refractivity contribution < 1.29 is 29.3 Å². The van der Waals surface area contributed by atoms with E-state index in [4.69, 9.17) is 9.47 Å². The van der Waals surface area contributed by atoms with Crippen molar-refractivity contribution in [1.29, 1.82) is 0 Å². The maximum Gasteiger partial charge on any atom is 0.316 e. The van der Waals surface area contributed by atoms with Gasteiger partial charge in [-0.15, -0.1) is 0 Å². The quantitative estimate of drug-likeness (QED) is 0.447. The Kier molecular flexibility index (Phi) is 11.4. The van der Waals surface area contributed by atoms with Crippen molar-refractivity contribution in [3.05, 3.63) is 0 Å². The summed E-state index contributed by atoms with van der Waals surface area (Å²) in [5, 5.41) is 22.4. The van der Waals surface area contributed by atoms with Gasteiger partial charge in [-0.2, -0.15) is 0 Å².